The molecule has 1 unspecified atom stereocenters. The van der Waals surface area contributed by atoms with E-state index in [9.17, 15) is 4.79 Å². The number of nitrogens with zero attached hydrogens (tertiary/aromatic N) is 2. The molecule has 0 spiro atoms. The highest BCUT2D eigenvalue weighted by Crippen LogP contribution is 2.31. The Hall–Kier alpha value is -2.58. The molecule has 25 heavy (non-hydrogen) atoms. The van der Waals surface area contributed by atoms with E-state index in [2.05, 4.69) is 15.2 Å². The van der Waals surface area contributed by atoms with E-state index in [0.717, 1.165) is 11.1 Å². The smallest absolute Gasteiger partial charge is 0.374 e. The first kappa shape index (κ1) is 17.2. The van der Waals surface area contributed by atoms with Crippen molar-refractivity contribution < 1.29 is 13.9 Å². The minimum atomic E-state index is -0.527. The van der Waals surface area contributed by atoms with Crippen LogP contribution in [0.1, 0.15) is 34.2 Å². The summed E-state index contributed by atoms with van der Waals surface area (Å²) in [6.45, 7) is 4.03. The quantitative estimate of drug-likeness (QED) is 0.395. The van der Waals surface area contributed by atoms with Gasteiger partial charge in [-0.3, -0.25) is 0 Å². The summed E-state index contributed by atoms with van der Waals surface area (Å²) in [7, 11) is 0. The molecule has 0 bridgehead atoms. The number of nitrogens with one attached hydrogen (secondary N) is 1. The predicted octanol–water partition coefficient (Wildman–Crippen LogP) is 3.30. The second kappa shape index (κ2) is 7.54. The van der Waals surface area contributed by atoms with Crippen LogP contribution in [-0.2, 0) is 4.74 Å². The van der Waals surface area contributed by atoms with Crippen LogP contribution in [0.4, 0.5) is 0 Å². The number of rotatable bonds is 6. The molecule has 0 radical (unpaired) electrons. The van der Waals surface area contributed by atoms with Crippen molar-refractivity contribution >= 4 is 17.7 Å². The molecule has 3 aromatic rings. The fourth-order valence-electron chi connectivity index (χ4n) is 2.26. The van der Waals surface area contributed by atoms with Crippen LogP contribution in [0.5, 0.6) is 0 Å². The number of thioether (sulfide) groups is 1. The molecule has 0 aliphatic heterocycles. The monoisotopic (exact) mass is 358 g/mol. The number of benzene rings is 1. The first-order valence-corrected chi connectivity index (χ1v) is 8.64. The van der Waals surface area contributed by atoms with E-state index in [0.29, 0.717) is 16.7 Å². The van der Waals surface area contributed by atoms with Gasteiger partial charge in [-0.2, -0.15) is 0 Å². The Morgan fingerprint density at radius 2 is 2.12 bits per heavy atom. The van der Waals surface area contributed by atoms with E-state index in [1.807, 2.05) is 31.2 Å². The van der Waals surface area contributed by atoms with E-state index in [1.54, 1.807) is 19.1 Å². The zero-order chi connectivity index (χ0) is 17.8. The Morgan fingerprint density at radius 1 is 1.32 bits per heavy atom. The third-order valence-corrected chi connectivity index (χ3v) is 4.38. The van der Waals surface area contributed by atoms with Crippen LogP contribution in [-0.4, -0.2) is 27.8 Å². The van der Waals surface area contributed by atoms with Crippen LogP contribution in [0.2, 0.25) is 0 Å². The third-order valence-electron chi connectivity index (χ3n) is 3.49. The molecular weight excluding hydrogens is 340 g/mol. The van der Waals surface area contributed by atoms with Crippen molar-refractivity contribution in [2.45, 2.75) is 24.4 Å². The van der Waals surface area contributed by atoms with Gasteiger partial charge in [0.25, 0.3) is 0 Å². The van der Waals surface area contributed by atoms with Gasteiger partial charge in [0.1, 0.15) is 11.1 Å². The maximum atomic E-state index is 11.6. The van der Waals surface area contributed by atoms with Gasteiger partial charge >= 0.3 is 5.97 Å². The topological polar surface area (TPSA) is 107 Å². The number of hydrogen-bond donors (Lipinski definition) is 2. The molecular formula is C17H18N4O3S. The molecule has 0 saturated heterocycles. The summed E-state index contributed by atoms with van der Waals surface area (Å²) in [4.78, 5) is 14.8. The van der Waals surface area contributed by atoms with Crippen LogP contribution in [0.15, 0.2) is 46.0 Å². The van der Waals surface area contributed by atoms with Crippen molar-refractivity contribution in [2.75, 3.05) is 6.61 Å². The Labute approximate surface area is 149 Å². The average molecular weight is 358 g/mol. The van der Waals surface area contributed by atoms with Crippen molar-refractivity contribution in [1.82, 2.24) is 15.2 Å². The Balaban J connectivity index is 1.71. The van der Waals surface area contributed by atoms with Crippen molar-refractivity contribution in [3.05, 3.63) is 53.5 Å². The van der Waals surface area contributed by atoms with E-state index in [4.69, 9.17) is 14.9 Å². The summed E-state index contributed by atoms with van der Waals surface area (Å²) in [5.74, 6) is 0.764. The fraction of sp³-hybridized carbons (Fsp3) is 0.235. The normalized spacial score (nSPS) is 12.1. The molecule has 8 heteroatoms. The zero-order valence-electron chi connectivity index (χ0n) is 13.9. The summed E-state index contributed by atoms with van der Waals surface area (Å²) in [6.07, 6.45) is 0. The number of carbonyl (C=O) groups is 1. The summed E-state index contributed by atoms with van der Waals surface area (Å²) in [5, 5.41) is 8.32. The second-order valence-corrected chi connectivity index (χ2v) is 6.38. The van der Waals surface area contributed by atoms with E-state index < -0.39 is 11.3 Å². The minimum absolute atomic E-state index is 0.131. The van der Waals surface area contributed by atoms with Gasteiger partial charge in [0.05, 0.1) is 6.61 Å². The lowest BCUT2D eigenvalue weighted by atomic mass is 10.1. The lowest BCUT2D eigenvalue weighted by Gasteiger charge is -2.05. The first-order valence-electron chi connectivity index (χ1n) is 7.76. The van der Waals surface area contributed by atoms with Crippen LogP contribution >= 0.6 is 11.8 Å². The standard InChI is InChI=1S/C17H18N4O3S/c1-3-23-16(22)13-9-8-12(24-13)14(18)25-17-19-15(20-21-17)11-7-5-4-6-10(11)2/h4-9,14H,3,18H2,1-2H3,(H,19,20,21). The van der Waals surface area contributed by atoms with Gasteiger partial charge in [-0.05, 0) is 31.5 Å². The van der Waals surface area contributed by atoms with Crippen molar-refractivity contribution in [3.63, 3.8) is 0 Å². The zero-order valence-corrected chi connectivity index (χ0v) is 14.7. The molecule has 130 valence electrons. The number of carbonyl (C=O) groups excluding carboxylic acids is 1. The molecule has 3 N–H and O–H groups in total. The Morgan fingerprint density at radius 3 is 2.88 bits per heavy atom. The molecule has 0 amide bonds. The number of furan rings is 1. The van der Waals surface area contributed by atoms with Crippen LogP contribution in [0, 0.1) is 6.92 Å². The number of nitrogens with two attached hydrogens (primary N) is 1. The lowest BCUT2D eigenvalue weighted by Crippen LogP contribution is -2.06. The van der Waals surface area contributed by atoms with Crippen LogP contribution in [0.25, 0.3) is 11.4 Å². The van der Waals surface area contributed by atoms with Gasteiger partial charge in [-0.25, -0.2) is 4.79 Å². The van der Waals surface area contributed by atoms with Gasteiger partial charge in [-0.15, -0.1) is 10.2 Å². The number of esters is 1. The molecule has 0 aliphatic carbocycles. The molecule has 7 nitrogen and oxygen atoms in total. The van der Waals surface area contributed by atoms with E-state index in [1.165, 1.54) is 11.8 Å². The molecule has 3 rings (SSSR count). The minimum Gasteiger partial charge on any atom is -0.460 e. The van der Waals surface area contributed by atoms with Crippen LogP contribution in [0.3, 0.4) is 0 Å². The lowest BCUT2D eigenvalue weighted by molar-refractivity contribution is 0.0488. The molecule has 2 aromatic heterocycles. The van der Waals surface area contributed by atoms with Gasteiger partial charge in [0, 0.05) is 5.56 Å². The molecule has 2 heterocycles. The van der Waals surface area contributed by atoms with Gasteiger partial charge in [0.15, 0.2) is 11.0 Å². The van der Waals surface area contributed by atoms with E-state index in [-0.39, 0.29) is 12.4 Å². The summed E-state index contributed by atoms with van der Waals surface area (Å²) in [5.41, 5.74) is 8.21. The molecule has 1 atom stereocenters. The molecule has 1 aromatic carbocycles. The van der Waals surface area contributed by atoms with Gasteiger partial charge in [-0.1, -0.05) is 36.0 Å². The fourth-order valence-corrected chi connectivity index (χ4v) is 2.98. The number of aromatic amines is 1. The third kappa shape index (κ3) is 3.92. The average Bonchev–Trinajstić information content (AvgIpc) is 3.25. The predicted molar refractivity (Wildman–Crippen MR) is 94.0 cm³/mol. The first-order chi connectivity index (χ1) is 12.1. The Bertz CT molecular complexity index is 874. The van der Waals surface area contributed by atoms with Gasteiger partial charge < -0.3 is 19.9 Å². The number of hydrogen-bond acceptors (Lipinski definition) is 7. The second-order valence-electron chi connectivity index (χ2n) is 5.25. The highest BCUT2D eigenvalue weighted by Gasteiger charge is 2.19. The molecule has 0 saturated carbocycles. The maximum Gasteiger partial charge on any atom is 0.374 e. The Kier molecular flexibility index (Phi) is 5.20. The largest absolute Gasteiger partial charge is 0.460 e. The summed E-state index contributed by atoms with van der Waals surface area (Å²) in [6, 6.07) is 11.1. The number of aryl methyl sites for hydroxylation is 1. The SMILES string of the molecule is CCOC(=O)c1ccc(C(N)Sc2nnc(-c3ccccc3C)[nH]2)o1. The number of aromatic nitrogens is 3. The molecule has 0 fully saturated rings. The van der Waals surface area contributed by atoms with Crippen molar-refractivity contribution in [3.8, 4) is 11.4 Å². The number of ether oxygens (including phenoxy) is 1. The van der Waals surface area contributed by atoms with Crippen LogP contribution < -0.4 is 5.73 Å². The summed E-state index contributed by atoms with van der Waals surface area (Å²) >= 11 is 1.26. The molecule has 0 aliphatic rings. The van der Waals surface area contributed by atoms with E-state index >= 15 is 0 Å². The number of H-pyrrole nitrogens is 1. The maximum absolute atomic E-state index is 11.6. The van der Waals surface area contributed by atoms with Gasteiger partial charge in [0.2, 0.25) is 5.76 Å². The highest BCUT2D eigenvalue weighted by molar-refractivity contribution is 7.99. The van der Waals surface area contributed by atoms with Crippen molar-refractivity contribution in [1.29, 1.82) is 0 Å². The van der Waals surface area contributed by atoms with Crippen molar-refractivity contribution in [2.24, 2.45) is 5.73 Å². The highest BCUT2D eigenvalue weighted by atomic mass is 32.2. The summed E-state index contributed by atoms with van der Waals surface area (Å²) < 4.78 is 10.4.